The zero-order valence-corrected chi connectivity index (χ0v) is 6.13. The van der Waals surface area contributed by atoms with Crippen LogP contribution in [0.2, 0.25) is 0 Å². The van der Waals surface area contributed by atoms with Gasteiger partial charge in [-0.05, 0) is 13.0 Å². The number of hydrogen-bond acceptors (Lipinski definition) is 4. The van der Waals surface area contributed by atoms with Crippen molar-refractivity contribution in [1.82, 2.24) is 15.4 Å². The van der Waals surface area contributed by atoms with E-state index in [2.05, 4.69) is 20.8 Å². The van der Waals surface area contributed by atoms with Crippen LogP contribution in [0.3, 0.4) is 0 Å². The Labute approximate surface area is 64.3 Å². The average molecular weight is 148 g/mol. The van der Waals surface area contributed by atoms with Gasteiger partial charge in [0.2, 0.25) is 0 Å². The van der Waals surface area contributed by atoms with Gasteiger partial charge in [-0.2, -0.15) is 0 Å². The van der Waals surface area contributed by atoms with Gasteiger partial charge in [-0.25, -0.2) is 9.97 Å². The van der Waals surface area contributed by atoms with Crippen molar-refractivity contribution in [1.29, 1.82) is 0 Å². The fourth-order valence-corrected chi connectivity index (χ4v) is 0.951. The molecule has 0 aromatic carbocycles. The van der Waals surface area contributed by atoms with E-state index in [0.717, 1.165) is 17.2 Å². The van der Waals surface area contributed by atoms with E-state index in [-0.39, 0.29) is 0 Å². The summed E-state index contributed by atoms with van der Waals surface area (Å²) in [5.74, 6) is 0.789. The highest BCUT2D eigenvalue weighted by Gasteiger charge is 2.03. The smallest absolute Gasteiger partial charge is 0.126 e. The molecule has 0 aliphatic carbocycles. The van der Waals surface area contributed by atoms with E-state index < -0.39 is 0 Å². The molecule has 0 fully saturated rings. The number of fused-ring (bicyclic) bond motifs is 1. The molecule has 4 nitrogen and oxygen atoms in total. The Bertz CT molecular complexity index is 305. The first-order valence-electron chi connectivity index (χ1n) is 3.38. The molecule has 0 saturated heterocycles. The monoisotopic (exact) mass is 148 g/mol. The largest absolute Gasteiger partial charge is 0.308 e. The normalized spacial score (nSPS) is 13.2. The third-order valence-corrected chi connectivity index (χ3v) is 1.47. The summed E-state index contributed by atoms with van der Waals surface area (Å²) < 4.78 is 0. The second kappa shape index (κ2) is 2.23. The molecule has 1 aliphatic rings. The molecule has 2 N–H and O–H groups in total. The van der Waals surface area contributed by atoms with Crippen LogP contribution >= 0.6 is 0 Å². The minimum atomic E-state index is 0.789. The van der Waals surface area contributed by atoms with Crippen LogP contribution in [-0.2, 0) is 0 Å². The number of rotatable bonds is 0. The molecule has 0 saturated carbocycles. The molecule has 0 spiro atoms. The molecule has 2 rings (SSSR count). The molecule has 2 heterocycles. The van der Waals surface area contributed by atoms with Gasteiger partial charge in [-0.1, -0.05) is 0 Å². The number of nitrogens with zero attached hydrogens (tertiary/aromatic N) is 2. The first-order chi connectivity index (χ1) is 5.36. The molecule has 0 atom stereocenters. The van der Waals surface area contributed by atoms with Crippen molar-refractivity contribution in [2.24, 2.45) is 0 Å². The lowest BCUT2D eigenvalue weighted by molar-refractivity contribution is 0.981. The number of hydrogen-bond donors (Lipinski definition) is 2. The molecule has 4 heteroatoms. The molecule has 56 valence electrons. The quantitative estimate of drug-likeness (QED) is 0.568. The topological polar surface area (TPSA) is 49.8 Å². The van der Waals surface area contributed by atoms with Gasteiger partial charge in [0.05, 0.1) is 17.6 Å². The van der Waals surface area contributed by atoms with E-state index in [0.29, 0.717) is 0 Å². The summed E-state index contributed by atoms with van der Waals surface area (Å²) in [5.41, 5.74) is 7.62. The third-order valence-electron chi connectivity index (χ3n) is 1.47. The van der Waals surface area contributed by atoms with Crippen LogP contribution < -0.4 is 10.9 Å². The van der Waals surface area contributed by atoms with Crippen molar-refractivity contribution in [2.75, 3.05) is 5.43 Å². The molecule has 0 amide bonds. The Hall–Kier alpha value is -1.58. The Morgan fingerprint density at radius 1 is 1.45 bits per heavy atom. The maximum absolute atomic E-state index is 4.21. The summed E-state index contributed by atoms with van der Waals surface area (Å²) in [7, 11) is 0. The zero-order chi connectivity index (χ0) is 7.68. The lowest BCUT2D eigenvalue weighted by Gasteiger charge is -2.12. The maximum atomic E-state index is 4.21. The molecule has 0 radical (unpaired) electrons. The van der Waals surface area contributed by atoms with E-state index in [1.807, 2.05) is 13.0 Å². The molecule has 1 aromatic heterocycles. The van der Waals surface area contributed by atoms with Crippen LogP contribution in [0.15, 0.2) is 12.4 Å². The zero-order valence-electron chi connectivity index (χ0n) is 6.13. The van der Waals surface area contributed by atoms with Gasteiger partial charge in [-0.15, -0.1) is 0 Å². The maximum Gasteiger partial charge on any atom is 0.126 e. The highest BCUT2D eigenvalue weighted by atomic mass is 15.4. The van der Waals surface area contributed by atoms with Crippen LogP contribution in [0.25, 0.3) is 6.08 Å². The Morgan fingerprint density at radius 2 is 2.36 bits per heavy atom. The van der Waals surface area contributed by atoms with E-state index in [1.54, 1.807) is 12.4 Å². The Kier molecular flexibility index (Phi) is 1.25. The molecule has 11 heavy (non-hydrogen) atoms. The molecule has 0 unspecified atom stereocenters. The highest BCUT2D eigenvalue weighted by molar-refractivity contribution is 5.64. The standard InChI is InChI=1S/C7H8N4/c1-5-8-4-7-6(10-5)2-3-9-11-7/h2-4,9,11H,1H3. The first-order valence-corrected chi connectivity index (χ1v) is 3.38. The second-order valence-corrected chi connectivity index (χ2v) is 2.32. The SMILES string of the molecule is Cc1ncc2c(n1)C=CNN2. The lowest BCUT2D eigenvalue weighted by atomic mass is 10.3. The Morgan fingerprint density at radius 3 is 3.27 bits per heavy atom. The average Bonchev–Trinajstić information content (AvgIpc) is 2.04. The minimum Gasteiger partial charge on any atom is -0.308 e. The van der Waals surface area contributed by atoms with E-state index in [4.69, 9.17) is 0 Å². The van der Waals surface area contributed by atoms with Crippen LogP contribution in [0.4, 0.5) is 5.69 Å². The van der Waals surface area contributed by atoms with Crippen molar-refractivity contribution >= 4 is 11.8 Å². The Balaban J connectivity index is 2.54. The lowest BCUT2D eigenvalue weighted by Crippen LogP contribution is -2.19. The number of aromatic nitrogens is 2. The summed E-state index contributed by atoms with van der Waals surface area (Å²) in [6.07, 6.45) is 5.46. The van der Waals surface area contributed by atoms with Crippen molar-refractivity contribution in [3.8, 4) is 0 Å². The third kappa shape index (κ3) is 1.02. The van der Waals surface area contributed by atoms with Crippen molar-refractivity contribution in [3.05, 3.63) is 23.9 Å². The molecule has 1 aromatic rings. The fraction of sp³-hybridized carbons (Fsp3) is 0.143. The van der Waals surface area contributed by atoms with Gasteiger partial charge in [0, 0.05) is 6.20 Å². The van der Waals surface area contributed by atoms with Gasteiger partial charge >= 0.3 is 0 Å². The molecule has 0 bridgehead atoms. The predicted octanol–water partition coefficient (Wildman–Crippen LogP) is 0.686. The van der Waals surface area contributed by atoms with Gasteiger partial charge in [0.15, 0.2) is 0 Å². The number of hydrazine groups is 1. The minimum absolute atomic E-state index is 0.789. The van der Waals surface area contributed by atoms with Gasteiger partial charge in [-0.3, -0.25) is 5.43 Å². The molecular formula is C7H8N4. The number of anilines is 1. The number of nitrogens with one attached hydrogen (secondary N) is 2. The fourth-order valence-electron chi connectivity index (χ4n) is 0.951. The van der Waals surface area contributed by atoms with Crippen molar-refractivity contribution in [3.63, 3.8) is 0 Å². The van der Waals surface area contributed by atoms with Gasteiger partial charge in [0.1, 0.15) is 5.82 Å². The summed E-state index contributed by atoms with van der Waals surface area (Å²) in [5, 5.41) is 0. The van der Waals surface area contributed by atoms with Crippen LogP contribution in [0.5, 0.6) is 0 Å². The number of aryl methyl sites for hydroxylation is 1. The summed E-state index contributed by atoms with van der Waals surface area (Å²) in [6.45, 7) is 1.87. The van der Waals surface area contributed by atoms with Crippen LogP contribution in [0.1, 0.15) is 11.5 Å². The van der Waals surface area contributed by atoms with Gasteiger partial charge < -0.3 is 5.43 Å². The van der Waals surface area contributed by atoms with Crippen LogP contribution in [-0.4, -0.2) is 9.97 Å². The van der Waals surface area contributed by atoms with E-state index in [9.17, 15) is 0 Å². The van der Waals surface area contributed by atoms with Crippen LogP contribution in [0, 0.1) is 6.92 Å². The van der Waals surface area contributed by atoms with E-state index >= 15 is 0 Å². The van der Waals surface area contributed by atoms with Crippen molar-refractivity contribution < 1.29 is 0 Å². The van der Waals surface area contributed by atoms with Gasteiger partial charge in [0.25, 0.3) is 0 Å². The first kappa shape index (κ1) is 6.15. The summed E-state index contributed by atoms with van der Waals surface area (Å²) >= 11 is 0. The predicted molar refractivity (Wildman–Crippen MR) is 42.6 cm³/mol. The summed E-state index contributed by atoms with van der Waals surface area (Å²) in [4.78, 5) is 8.26. The second-order valence-electron chi connectivity index (χ2n) is 2.32. The molecule has 1 aliphatic heterocycles. The highest BCUT2D eigenvalue weighted by Crippen LogP contribution is 2.14. The van der Waals surface area contributed by atoms with Crippen molar-refractivity contribution in [2.45, 2.75) is 6.92 Å². The summed E-state index contributed by atoms with van der Waals surface area (Å²) in [6, 6.07) is 0. The molecular weight excluding hydrogens is 140 g/mol. The van der Waals surface area contributed by atoms with E-state index in [1.165, 1.54) is 0 Å².